The van der Waals surface area contributed by atoms with E-state index in [0.29, 0.717) is 31.6 Å². The molecule has 0 aromatic heterocycles. The van der Waals surface area contributed by atoms with E-state index >= 15 is 0 Å². The molecule has 0 radical (unpaired) electrons. The Balaban J connectivity index is 1.23. The van der Waals surface area contributed by atoms with Crippen LogP contribution in [-0.4, -0.2) is 109 Å². The Kier molecular flexibility index (Phi) is 16.6. The number of unbranched alkanes of at least 4 members (excludes halogenated alkanes) is 1. The van der Waals surface area contributed by atoms with E-state index in [0.717, 1.165) is 37.9 Å². The predicted molar refractivity (Wildman–Crippen MR) is 246 cm³/mol. The zero-order chi connectivity index (χ0) is 46.5. The Morgan fingerprint density at radius 3 is 1.95 bits per heavy atom. The quantitative estimate of drug-likeness (QED) is 0.0475. The Morgan fingerprint density at radius 1 is 0.662 bits per heavy atom. The summed E-state index contributed by atoms with van der Waals surface area (Å²) in [5.74, 6) is -4.00. The number of hydrogen-bond acceptors (Lipinski definition) is 12. The van der Waals surface area contributed by atoms with Gasteiger partial charge in [0, 0.05) is 41.8 Å². The fraction of sp³-hybridized carbons (Fsp3) is 0.404. The summed E-state index contributed by atoms with van der Waals surface area (Å²) < 4.78 is 0. The number of nitrogens with two attached hydrogens (primary N) is 3. The van der Waals surface area contributed by atoms with Gasteiger partial charge in [0.15, 0.2) is 0 Å². The van der Waals surface area contributed by atoms with Crippen molar-refractivity contribution in [2.45, 2.75) is 101 Å². The van der Waals surface area contributed by atoms with Crippen LogP contribution in [0.25, 0.3) is 11.1 Å². The molecular formula is C47H58N12O6. The lowest BCUT2D eigenvalue weighted by molar-refractivity contribution is -0.134. The van der Waals surface area contributed by atoms with E-state index in [1.807, 2.05) is 61.5 Å². The maximum absolute atomic E-state index is 14.5. The molecule has 0 bridgehead atoms. The normalized spacial score (nSPS) is 17.4. The third kappa shape index (κ3) is 12.9. The molecule has 342 valence electrons. The van der Waals surface area contributed by atoms with Crippen LogP contribution in [0.2, 0.25) is 0 Å². The first kappa shape index (κ1) is 47.6. The van der Waals surface area contributed by atoms with Gasteiger partial charge in [0.2, 0.25) is 35.4 Å². The van der Waals surface area contributed by atoms with E-state index < -0.39 is 71.7 Å². The lowest BCUT2D eigenvalue weighted by Crippen LogP contribution is -2.59. The molecule has 3 aromatic rings. The summed E-state index contributed by atoms with van der Waals surface area (Å²) in [6.07, 6.45) is 3.13. The summed E-state index contributed by atoms with van der Waals surface area (Å²) in [6, 6.07) is 16.9. The van der Waals surface area contributed by atoms with E-state index in [-0.39, 0.29) is 44.7 Å². The summed E-state index contributed by atoms with van der Waals surface area (Å²) in [4.78, 5) is 100. The topological polar surface area (TPSA) is 290 Å². The molecule has 0 saturated carbocycles. The second-order valence-electron chi connectivity index (χ2n) is 16.5. The number of aliphatic imine (C=N–C) groups is 2. The van der Waals surface area contributed by atoms with Crippen molar-refractivity contribution in [1.29, 1.82) is 0 Å². The number of carbonyl (C=O) groups excluding carboxylic acids is 6. The summed E-state index contributed by atoms with van der Waals surface area (Å²) in [5.41, 5.74) is 20.6. The number of hydrogen-bond donors (Lipinski definition) is 8. The number of fused-ring (bicyclic) bond motifs is 2. The van der Waals surface area contributed by atoms with Gasteiger partial charge >= 0.3 is 0 Å². The predicted octanol–water partition coefficient (Wildman–Crippen LogP) is -2.38. The molecule has 3 aliphatic rings. The second kappa shape index (κ2) is 22.6. The smallest absolute Gasteiger partial charge is 0.243 e. The number of nitrogens with zero attached hydrogens (tertiary/aromatic N) is 4. The lowest BCUT2D eigenvalue weighted by atomic mass is 9.98. The van der Waals surface area contributed by atoms with Crippen LogP contribution in [0.5, 0.6) is 0 Å². The molecule has 18 heteroatoms. The molecule has 18 nitrogen and oxygen atoms in total. The Hall–Kier alpha value is -6.92. The first-order valence-corrected chi connectivity index (χ1v) is 21.9. The number of amides is 6. The van der Waals surface area contributed by atoms with Gasteiger partial charge in [-0.25, -0.2) is 4.99 Å². The first-order chi connectivity index (χ1) is 31.3. The largest absolute Gasteiger partial charge is 0.368 e. The van der Waals surface area contributed by atoms with E-state index in [2.05, 4.69) is 41.6 Å². The van der Waals surface area contributed by atoms with Gasteiger partial charge in [-0.3, -0.25) is 43.7 Å². The Morgan fingerprint density at radius 2 is 1.26 bits per heavy atom. The van der Waals surface area contributed by atoms with Crippen molar-refractivity contribution < 1.29 is 28.8 Å². The SMILES string of the molecule is C[C@H](NC(=O)[C@@H](CC1=c2ccccc2=N[C@@H]1C)NC(=O)[C@@H](N)CC1=NC=NC1)C(=O)N[C@@H](CC1=c2ccccc2=NC1)C(=O)N[C@H](Cc1ccccc1)C(=O)N[C@@H](CCCCN)C(N)=O. The van der Waals surface area contributed by atoms with E-state index in [1.54, 1.807) is 24.3 Å². The van der Waals surface area contributed by atoms with Gasteiger partial charge in [-0.15, -0.1) is 0 Å². The van der Waals surface area contributed by atoms with Crippen molar-refractivity contribution in [3.8, 4) is 0 Å². The van der Waals surface area contributed by atoms with Crippen molar-refractivity contribution in [3.05, 3.63) is 106 Å². The fourth-order valence-electron chi connectivity index (χ4n) is 8.00. The standard InChI is InChI=1S/C47H58N12O6/c1-27-34(33-15-7-9-17-37(33)54-27)23-41(58-44(62)35(49)22-31-25-51-26-53-31)45(63)55-28(2)43(61)57-40(21-30-24-52-36-16-8-6-14-32(30)36)47(65)59-39(20-29-12-4-3-5-13-29)46(64)56-38(42(50)60)18-10-11-19-48/h3-9,12-17,26-28,35,38-41H,10-11,18-25,48-49H2,1-2H3,(H2,50,60)(H,55,63)(H,56,64)(H,57,61)(H,58,62)(H,59,65)/t27-,28+,35+,38+,39-,40+,41-/m1/s1. The van der Waals surface area contributed by atoms with Crippen LogP contribution >= 0.6 is 0 Å². The first-order valence-electron chi connectivity index (χ1n) is 21.9. The minimum Gasteiger partial charge on any atom is -0.368 e. The minimum absolute atomic E-state index is 0.0213. The average molecular weight is 887 g/mol. The molecule has 3 aliphatic heterocycles. The maximum Gasteiger partial charge on any atom is 0.243 e. The Labute approximate surface area is 376 Å². The van der Waals surface area contributed by atoms with Gasteiger partial charge in [0.05, 0.1) is 35.9 Å². The van der Waals surface area contributed by atoms with Crippen LogP contribution in [0, 0.1) is 0 Å². The highest BCUT2D eigenvalue weighted by Gasteiger charge is 2.34. The Bertz CT molecular complexity index is 2580. The molecule has 7 atom stereocenters. The van der Waals surface area contributed by atoms with Gasteiger partial charge in [-0.1, -0.05) is 66.7 Å². The van der Waals surface area contributed by atoms with Crippen molar-refractivity contribution in [3.63, 3.8) is 0 Å². The van der Waals surface area contributed by atoms with Crippen LogP contribution in [0.4, 0.5) is 0 Å². The molecule has 3 heterocycles. The van der Waals surface area contributed by atoms with Crippen molar-refractivity contribution in [2.75, 3.05) is 19.6 Å². The highest BCUT2D eigenvalue weighted by Crippen LogP contribution is 2.17. The highest BCUT2D eigenvalue weighted by atomic mass is 16.2. The zero-order valence-electron chi connectivity index (χ0n) is 36.7. The molecule has 11 N–H and O–H groups in total. The van der Waals surface area contributed by atoms with E-state index in [4.69, 9.17) is 22.2 Å². The van der Waals surface area contributed by atoms with Gasteiger partial charge < -0.3 is 43.8 Å². The molecule has 0 spiro atoms. The monoisotopic (exact) mass is 886 g/mol. The summed E-state index contributed by atoms with van der Waals surface area (Å²) in [6.45, 7) is 4.38. The number of rotatable bonds is 23. The fourth-order valence-corrected chi connectivity index (χ4v) is 8.00. The molecular weight excluding hydrogens is 829 g/mol. The third-order valence-corrected chi connectivity index (χ3v) is 11.6. The molecule has 3 aromatic carbocycles. The second-order valence-corrected chi connectivity index (χ2v) is 16.5. The van der Waals surface area contributed by atoms with Crippen molar-refractivity contribution in [2.24, 2.45) is 37.2 Å². The molecule has 6 rings (SSSR count). The molecule has 0 saturated heterocycles. The van der Waals surface area contributed by atoms with E-state index in [9.17, 15) is 28.8 Å². The molecule has 65 heavy (non-hydrogen) atoms. The number of para-hydroxylation sites is 2. The molecule has 0 unspecified atom stereocenters. The van der Waals surface area contributed by atoms with Crippen LogP contribution in [-0.2, 0) is 35.2 Å². The average Bonchev–Trinajstić information content (AvgIpc) is 4.04. The highest BCUT2D eigenvalue weighted by molar-refractivity contribution is 6.01. The lowest BCUT2D eigenvalue weighted by Gasteiger charge is -2.27. The molecule has 0 fully saturated rings. The number of nitrogens with one attached hydrogen (secondary N) is 5. The van der Waals surface area contributed by atoms with Gasteiger partial charge in [-0.2, -0.15) is 0 Å². The maximum atomic E-state index is 14.5. The molecule has 0 aliphatic carbocycles. The van der Waals surface area contributed by atoms with E-state index in [1.165, 1.54) is 13.3 Å². The zero-order valence-corrected chi connectivity index (χ0v) is 36.7. The summed E-state index contributed by atoms with van der Waals surface area (Å²) in [5, 5.41) is 17.1. The van der Waals surface area contributed by atoms with Crippen LogP contribution in [0.15, 0.2) is 98.8 Å². The summed E-state index contributed by atoms with van der Waals surface area (Å²) >= 11 is 0. The van der Waals surface area contributed by atoms with Crippen LogP contribution in [0.1, 0.15) is 57.9 Å². The van der Waals surface area contributed by atoms with Crippen molar-refractivity contribution >= 4 is 58.6 Å². The summed E-state index contributed by atoms with van der Waals surface area (Å²) in [7, 11) is 0. The van der Waals surface area contributed by atoms with Gasteiger partial charge in [0.1, 0.15) is 36.5 Å². The van der Waals surface area contributed by atoms with Crippen LogP contribution < -0.4 is 64.9 Å². The van der Waals surface area contributed by atoms with Crippen LogP contribution in [0.3, 0.4) is 0 Å². The minimum atomic E-state index is -1.25. The number of carbonyl (C=O) groups is 6. The third-order valence-electron chi connectivity index (χ3n) is 11.6. The number of benzene rings is 3. The van der Waals surface area contributed by atoms with Gasteiger partial charge in [-0.05, 0) is 68.5 Å². The van der Waals surface area contributed by atoms with Gasteiger partial charge in [0.25, 0.3) is 0 Å². The van der Waals surface area contributed by atoms with Crippen molar-refractivity contribution in [1.82, 2.24) is 26.6 Å². The number of primary amides is 1. The molecule has 6 amide bonds.